The molecule has 1 aromatic rings. The molecule has 1 amide bonds. The normalized spacial score (nSPS) is 15.0. The van der Waals surface area contributed by atoms with Gasteiger partial charge in [0, 0.05) is 28.8 Å². The molecule has 0 radical (unpaired) electrons. The number of pyridine rings is 1. The van der Waals surface area contributed by atoms with Crippen LogP contribution in [0.1, 0.15) is 42.4 Å². The smallest absolute Gasteiger partial charge is 0.252 e. The van der Waals surface area contributed by atoms with Crippen LogP contribution in [0.5, 0.6) is 0 Å². The number of rotatable bonds is 0. The number of carbonyl (C=O) groups excluding carboxylic acids is 1. The van der Waals surface area contributed by atoms with Crippen LogP contribution in [-0.2, 0) is 12.0 Å². The molecule has 0 bridgehead atoms. The second-order valence-electron chi connectivity index (χ2n) is 4.85. The van der Waals surface area contributed by atoms with E-state index in [1.165, 1.54) is 0 Å². The number of anilines is 1. The van der Waals surface area contributed by atoms with E-state index < -0.39 is 0 Å². The van der Waals surface area contributed by atoms with Crippen LogP contribution in [0, 0.1) is 0 Å². The fourth-order valence-electron chi connectivity index (χ4n) is 1.63. The lowest BCUT2D eigenvalue weighted by Gasteiger charge is -2.19. The van der Waals surface area contributed by atoms with E-state index in [0.29, 0.717) is 17.9 Å². The third kappa shape index (κ3) is 1.56. The molecule has 4 heteroatoms. The molecule has 15 heavy (non-hydrogen) atoms. The summed E-state index contributed by atoms with van der Waals surface area (Å²) in [6.07, 6.45) is 0. The molecule has 1 aromatic heterocycles. The second-order valence-corrected chi connectivity index (χ2v) is 4.85. The maximum Gasteiger partial charge on any atom is 0.252 e. The molecule has 0 spiro atoms. The number of nitrogens with two attached hydrogens (primary N) is 1. The van der Waals surface area contributed by atoms with Crippen molar-refractivity contribution in [3.05, 3.63) is 22.9 Å². The van der Waals surface area contributed by atoms with Crippen molar-refractivity contribution in [3.8, 4) is 0 Å². The summed E-state index contributed by atoms with van der Waals surface area (Å²) in [4.78, 5) is 15.8. The van der Waals surface area contributed by atoms with Gasteiger partial charge in [-0.2, -0.15) is 0 Å². The molecule has 0 saturated carbocycles. The molecule has 0 aliphatic carbocycles. The maximum absolute atomic E-state index is 11.5. The van der Waals surface area contributed by atoms with Gasteiger partial charge in [0.25, 0.3) is 5.91 Å². The average Bonchev–Trinajstić information content (AvgIpc) is 2.47. The lowest BCUT2D eigenvalue weighted by molar-refractivity contribution is 0.0965. The third-order valence-electron chi connectivity index (χ3n) is 2.60. The van der Waals surface area contributed by atoms with E-state index in [2.05, 4.69) is 10.3 Å². The predicted octanol–water partition coefficient (Wildman–Crippen LogP) is 1.20. The van der Waals surface area contributed by atoms with Crippen molar-refractivity contribution < 1.29 is 4.79 Å². The highest BCUT2D eigenvalue weighted by Gasteiger charge is 2.26. The van der Waals surface area contributed by atoms with Crippen molar-refractivity contribution in [1.29, 1.82) is 0 Å². The molecule has 80 valence electrons. The topological polar surface area (TPSA) is 68.0 Å². The SMILES string of the molecule is CC(C)(C)c1cc2c(c(N)n1)CNC2=O. The van der Waals surface area contributed by atoms with E-state index in [9.17, 15) is 4.79 Å². The fraction of sp³-hybridized carbons (Fsp3) is 0.455. The van der Waals surface area contributed by atoms with Crippen LogP contribution >= 0.6 is 0 Å². The van der Waals surface area contributed by atoms with Gasteiger partial charge in [0.1, 0.15) is 5.82 Å². The van der Waals surface area contributed by atoms with Gasteiger partial charge >= 0.3 is 0 Å². The highest BCUT2D eigenvalue weighted by Crippen LogP contribution is 2.27. The molecular weight excluding hydrogens is 190 g/mol. The molecule has 0 saturated heterocycles. The van der Waals surface area contributed by atoms with Crippen molar-refractivity contribution in [2.45, 2.75) is 32.7 Å². The van der Waals surface area contributed by atoms with Gasteiger partial charge in [-0.15, -0.1) is 0 Å². The minimum atomic E-state index is -0.0913. The number of carbonyl (C=O) groups is 1. The summed E-state index contributed by atoms with van der Waals surface area (Å²) >= 11 is 0. The molecule has 2 rings (SSSR count). The maximum atomic E-state index is 11.5. The summed E-state index contributed by atoms with van der Waals surface area (Å²) in [6, 6.07) is 1.84. The van der Waals surface area contributed by atoms with Crippen molar-refractivity contribution in [1.82, 2.24) is 10.3 Å². The molecule has 2 heterocycles. The van der Waals surface area contributed by atoms with E-state index in [1.807, 2.05) is 26.8 Å². The molecule has 0 fully saturated rings. The fourth-order valence-corrected chi connectivity index (χ4v) is 1.63. The molecule has 1 aliphatic rings. The van der Waals surface area contributed by atoms with Crippen LogP contribution < -0.4 is 11.1 Å². The summed E-state index contributed by atoms with van der Waals surface area (Å²) in [5, 5.41) is 2.75. The van der Waals surface area contributed by atoms with Crippen LogP contribution in [0.3, 0.4) is 0 Å². The number of aromatic nitrogens is 1. The van der Waals surface area contributed by atoms with Crippen LogP contribution in [0.25, 0.3) is 0 Å². The quantitative estimate of drug-likeness (QED) is 0.668. The lowest BCUT2D eigenvalue weighted by Crippen LogP contribution is -2.16. The summed E-state index contributed by atoms with van der Waals surface area (Å²) in [5.74, 6) is 0.417. The average molecular weight is 205 g/mol. The first kappa shape index (κ1) is 9.96. The zero-order valence-corrected chi connectivity index (χ0v) is 9.22. The summed E-state index contributed by atoms with van der Waals surface area (Å²) in [6.45, 7) is 6.65. The van der Waals surface area contributed by atoms with Gasteiger partial charge in [0.15, 0.2) is 0 Å². The minimum Gasteiger partial charge on any atom is -0.383 e. The van der Waals surface area contributed by atoms with Gasteiger partial charge in [-0.25, -0.2) is 4.98 Å². The largest absolute Gasteiger partial charge is 0.383 e. The van der Waals surface area contributed by atoms with E-state index in [0.717, 1.165) is 11.3 Å². The Morgan fingerprint density at radius 3 is 2.73 bits per heavy atom. The lowest BCUT2D eigenvalue weighted by atomic mass is 9.90. The Morgan fingerprint density at radius 2 is 2.13 bits per heavy atom. The van der Waals surface area contributed by atoms with Crippen LogP contribution in [-0.4, -0.2) is 10.9 Å². The van der Waals surface area contributed by atoms with Crippen molar-refractivity contribution in [2.75, 3.05) is 5.73 Å². The molecule has 3 N–H and O–H groups in total. The molecular formula is C11H15N3O. The van der Waals surface area contributed by atoms with Crippen LogP contribution in [0.2, 0.25) is 0 Å². The van der Waals surface area contributed by atoms with Crippen LogP contribution in [0.4, 0.5) is 5.82 Å². The van der Waals surface area contributed by atoms with Gasteiger partial charge in [-0.05, 0) is 6.07 Å². The number of nitrogens with zero attached hydrogens (tertiary/aromatic N) is 1. The number of amides is 1. The number of hydrogen-bond donors (Lipinski definition) is 2. The van der Waals surface area contributed by atoms with Gasteiger partial charge in [-0.1, -0.05) is 20.8 Å². The first-order valence-electron chi connectivity index (χ1n) is 4.97. The number of hydrogen-bond acceptors (Lipinski definition) is 3. The summed E-state index contributed by atoms with van der Waals surface area (Å²) in [5.41, 5.74) is 8.09. The van der Waals surface area contributed by atoms with Crippen LogP contribution in [0.15, 0.2) is 6.07 Å². The van der Waals surface area contributed by atoms with Gasteiger partial charge < -0.3 is 11.1 Å². The molecule has 0 aromatic carbocycles. The van der Waals surface area contributed by atoms with E-state index in [-0.39, 0.29) is 11.3 Å². The Balaban J connectivity index is 2.61. The third-order valence-corrected chi connectivity index (χ3v) is 2.60. The van der Waals surface area contributed by atoms with E-state index in [1.54, 1.807) is 0 Å². The van der Waals surface area contributed by atoms with E-state index >= 15 is 0 Å². The van der Waals surface area contributed by atoms with Gasteiger partial charge in [0.05, 0.1) is 0 Å². The molecule has 1 aliphatic heterocycles. The monoisotopic (exact) mass is 205 g/mol. The summed E-state index contributed by atoms with van der Waals surface area (Å²) < 4.78 is 0. The van der Waals surface area contributed by atoms with Crippen molar-refractivity contribution in [3.63, 3.8) is 0 Å². The standard InChI is InChI=1S/C11H15N3O/c1-11(2,3)8-4-6-7(9(12)14-8)5-13-10(6)15/h4H,5H2,1-3H3,(H2,12,14)(H,13,15). The Hall–Kier alpha value is -1.58. The molecule has 0 unspecified atom stereocenters. The highest BCUT2D eigenvalue weighted by molar-refractivity contribution is 5.99. The Labute approximate surface area is 88.9 Å². The van der Waals surface area contributed by atoms with E-state index in [4.69, 9.17) is 5.73 Å². The number of nitrogens with one attached hydrogen (secondary N) is 1. The highest BCUT2D eigenvalue weighted by atomic mass is 16.1. The Bertz CT molecular complexity index is 432. The molecule has 0 atom stereocenters. The number of fused-ring (bicyclic) bond motifs is 1. The minimum absolute atomic E-state index is 0.0513. The van der Waals surface area contributed by atoms with Crippen molar-refractivity contribution in [2.24, 2.45) is 0 Å². The summed E-state index contributed by atoms with van der Waals surface area (Å²) in [7, 11) is 0. The zero-order valence-electron chi connectivity index (χ0n) is 9.22. The Kier molecular flexibility index (Phi) is 1.96. The second kappa shape index (κ2) is 2.95. The predicted molar refractivity (Wildman–Crippen MR) is 58.5 cm³/mol. The number of nitrogen functional groups attached to an aromatic ring is 1. The Morgan fingerprint density at radius 1 is 1.47 bits per heavy atom. The first-order chi connectivity index (χ1) is 6.89. The first-order valence-corrected chi connectivity index (χ1v) is 4.97. The zero-order chi connectivity index (χ0) is 11.2. The van der Waals surface area contributed by atoms with Gasteiger partial charge in [-0.3, -0.25) is 4.79 Å². The van der Waals surface area contributed by atoms with Crippen molar-refractivity contribution >= 4 is 11.7 Å². The molecule has 4 nitrogen and oxygen atoms in total. The van der Waals surface area contributed by atoms with Gasteiger partial charge in [0.2, 0.25) is 0 Å².